The second-order valence-electron chi connectivity index (χ2n) is 5.30. The second-order valence-corrected chi connectivity index (χ2v) is 5.30. The zero-order valence-corrected chi connectivity index (χ0v) is 12.8. The van der Waals surface area contributed by atoms with Crippen LogP contribution in [0.1, 0.15) is 12.1 Å². The summed E-state index contributed by atoms with van der Waals surface area (Å²) in [6.45, 7) is 0. The molecule has 0 spiro atoms. The highest BCUT2D eigenvalue weighted by Crippen LogP contribution is 2.19. The van der Waals surface area contributed by atoms with Crippen molar-refractivity contribution >= 4 is 22.6 Å². The number of aromatic nitrogens is 2. The lowest BCUT2D eigenvalue weighted by molar-refractivity contribution is -0.116. The summed E-state index contributed by atoms with van der Waals surface area (Å²) in [4.78, 5) is 30.7. The molecule has 0 atom stereocenters. The van der Waals surface area contributed by atoms with E-state index in [-0.39, 0.29) is 18.5 Å². The van der Waals surface area contributed by atoms with E-state index in [1.165, 1.54) is 0 Å². The summed E-state index contributed by atoms with van der Waals surface area (Å²) >= 11 is 0. The summed E-state index contributed by atoms with van der Waals surface area (Å²) in [5.41, 5.74) is 0.406. The summed E-state index contributed by atoms with van der Waals surface area (Å²) in [6, 6.07) is 8.56. The number of nitrogens with one attached hydrogen (secondary N) is 2. The molecule has 0 radical (unpaired) electrons. The van der Waals surface area contributed by atoms with Crippen molar-refractivity contribution in [3.8, 4) is 0 Å². The maximum Gasteiger partial charge on any atom is 0.270 e. The molecule has 0 aliphatic rings. The van der Waals surface area contributed by atoms with Gasteiger partial charge in [-0.3, -0.25) is 9.59 Å². The third kappa shape index (κ3) is 3.52. The van der Waals surface area contributed by atoms with Crippen molar-refractivity contribution in [2.24, 2.45) is 0 Å². The number of aryl methyl sites for hydroxylation is 1. The fraction of sp³-hybridized carbons (Fsp3) is 0.118. The van der Waals surface area contributed by atoms with Gasteiger partial charge in [-0.15, -0.1) is 0 Å². The second kappa shape index (κ2) is 6.76. The number of H-pyrrole nitrogens is 1. The molecule has 0 aliphatic heterocycles. The molecule has 3 aromatic rings. The number of amides is 1. The number of nitrogens with zero attached hydrogens (tertiary/aromatic N) is 1. The first-order valence-corrected chi connectivity index (χ1v) is 7.37. The SMILES string of the molecule is O=C(CCc1nc2ccccc2[nH]c1=O)Nc1ccc(F)c(F)c1F. The van der Waals surface area contributed by atoms with Gasteiger partial charge in [0.15, 0.2) is 17.5 Å². The first kappa shape index (κ1) is 16.7. The highest BCUT2D eigenvalue weighted by atomic mass is 19.2. The van der Waals surface area contributed by atoms with Crippen LogP contribution in [0, 0.1) is 17.5 Å². The van der Waals surface area contributed by atoms with Crippen LogP contribution in [0.4, 0.5) is 18.9 Å². The molecule has 0 bridgehead atoms. The molecule has 25 heavy (non-hydrogen) atoms. The van der Waals surface area contributed by atoms with Gasteiger partial charge in [-0.2, -0.15) is 0 Å². The Balaban J connectivity index is 1.72. The van der Waals surface area contributed by atoms with Crippen molar-refractivity contribution in [3.63, 3.8) is 0 Å². The van der Waals surface area contributed by atoms with E-state index in [0.29, 0.717) is 17.1 Å². The van der Waals surface area contributed by atoms with E-state index in [1.807, 2.05) is 0 Å². The van der Waals surface area contributed by atoms with E-state index >= 15 is 0 Å². The molecule has 5 nitrogen and oxygen atoms in total. The Bertz CT molecular complexity index is 1020. The summed E-state index contributed by atoms with van der Waals surface area (Å²) in [6.07, 6.45) is -0.163. The predicted molar refractivity (Wildman–Crippen MR) is 85.6 cm³/mol. The molecule has 0 aliphatic carbocycles. The van der Waals surface area contributed by atoms with Gasteiger partial charge in [0.25, 0.3) is 5.56 Å². The number of hydrogen-bond donors (Lipinski definition) is 2. The van der Waals surface area contributed by atoms with Gasteiger partial charge in [0.1, 0.15) is 5.69 Å². The van der Waals surface area contributed by atoms with Gasteiger partial charge in [-0.1, -0.05) is 12.1 Å². The van der Waals surface area contributed by atoms with E-state index in [1.54, 1.807) is 24.3 Å². The lowest BCUT2D eigenvalue weighted by atomic mass is 10.2. The molecule has 2 aromatic carbocycles. The minimum absolute atomic E-state index is 0.0112. The first-order chi connectivity index (χ1) is 12.0. The smallest absolute Gasteiger partial charge is 0.270 e. The minimum atomic E-state index is -1.66. The van der Waals surface area contributed by atoms with Crippen LogP contribution in [0.25, 0.3) is 11.0 Å². The van der Waals surface area contributed by atoms with Crippen molar-refractivity contribution in [1.29, 1.82) is 0 Å². The third-order valence-electron chi connectivity index (χ3n) is 3.57. The summed E-state index contributed by atoms with van der Waals surface area (Å²) < 4.78 is 39.5. The Kier molecular flexibility index (Phi) is 4.51. The minimum Gasteiger partial charge on any atom is -0.323 e. The molecule has 0 saturated heterocycles. The highest BCUT2D eigenvalue weighted by molar-refractivity contribution is 5.91. The van der Waals surface area contributed by atoms with Crippen LogP contribution in [-0.2, 0) is 11.2 Å². The third-order valence-corrected chi connectivity index (χ3v) is 3.57. The number of para-hydroxylation sites is 2. The molecule has 1 aromatic heterocycles. The van der Waals surface area contributed by atoms with Crippen LogP contribution in [0.15, 0.2) is 41.2 Å². The molecule has 1 amide bonds. The first-order valence-electron chi connectivity index (χ1n) is 7.37. The lowest BCUT2D eigenvalue weighted by Crippen LogP contribution is -2.19. The Labute approximate surface area is 139 Å². The monoisotopic (exact) mass is 347 g/mol. The van der Waals surface area contributed by atoms with Crippen molar-refractivity contribution in [2.45, 2.75) is 12.8 Å². The quantitative estimate of drug-likeness (QED) is 0.713. The predicted octanol–water partition coefficient (Wildman–Crippen LogP) is 2.91. The fourth-order valence-corrected chi connectivity index (χ4v) is 2.30. The van der Waals surface area contributed by atoms with Gasteiger partial charge >= 0.3 is 0 Å². The number of anilines is 1. The van der Waals surface area contributed by atoms with Crippen LogP contribution in [0.5, 0.6) is 0 Å². The van der Waals surface area contributed by atoms with E-state index in [4.69, 9.17) is 0 Å². The molecular formula is C17H12F3N3O2. The molecule has 0 fully saturated rings. The van der Waals surface area contributed by atoms with E-state index < -0.39 is 34.6 Å². The topological polar surface area (TPSA) is 74.8 Å². The van der Waals surface area contributed by atoms with Crippen LogP contribution in [0.2, 0.25) is 0 Å². The van der Waals surface area contributed by atoms with Gasteiger partial charge in [-0.05, 0) is 24.3 Å². The average Bonchev–Trinajstić information content (AvgIpc) is 2.60. The summed E-state index contributed by atoms with van der Waals surface area (Å²) in [5.74, 6) is -5.14. The molecule has 1 heterocycles. The van der Waals surface area contributed by atoms with Gasteiger partial charge in [0.05, 0.1) is 16.7 Å². The lowest BCUT2D eigenvalue weighted by Gasteiger charge is -2.07. The number of aromatic amines is 1. The van der Waals surface area contributed by atoms with E-state index in [2.05, 4.69) is 15.3 Å². The van der Waals surface area contributed by atoms with Crippen molar-refractivity contribution in [3.05, 3.63) is 69.9 Å². The molecule has 128 valence electrons. The number of halogens is 3. The Morgan fingerprint density at radius 1 is 1.08 bits per heavy atom. The number of rotatable bonds is 4. The van der Waals surface area contributed by atoms with Crippen molar-refractivity contribution in [1.82, 2.24) is 9.97 Å². The van der Waals surface area contributed by atoms with Gasteiger partial charge in [-0.25, -0.2) is 18.2 Å². The number of fused-ring (bicyclic) bond motifs is 1. The summed E-state index contributed by atoms with van der Waals surface area (Å²) in [7, 11) is 0. The largest absolute Gasteiger partial charge is 0.323 e. The number of hydrogen-bond acceptors (Lipinski definition) is 3. The van der Waals surface area contributed by atoms with Crippen LogP contribution < -0.4 is 10.9 Å². The maximum atomic E-state index is 13.5. The highest BCUT2D eigenvalue weighted by Gasteiger charge is 2.15. The molecule has 0 saturated carbocycles. The fourth-order valence-electron chi connectivity index (χ4n) is 2.30. The number of carbonyl (C=O) groups is 1. The van der Waals surface area contributed by atoms with Crippen molar-refractivity contribution in [2.75, 3.05) is 5.32 Å². The van der Waals surface area contributed by atoms with Crippen LogP contribution >= 0.6 is 0 Å². The zero-order chi connectivity index (χ0) is 18.0. The van der Waals surface area contributed by atoms with Crippen molar-refractivity contribution < 1.29 is 18.0 Å². The van der Waals surface area contributed by atoms with E-state index in [9.17, 15) is 22.8 Å². The molecule has 0 unspecified atom stereocenters. The van der Waals surface area contributed by atoms with Gasteiger partial charge < -0.3 is 10.3 Å². The standard InChI is InChI=1S/C17H12F3N3O2/c18-9-5-6-12(16(20)15(9)19)22-14(24)8-7-13-17(25)23-11-4-2-1-3-10(11)21-13/h1-6H,7-8H2,(H,22,24)(H,23,25). The summed E-state index contributed by atoms with van der Waals surface area (Å²) in [5, 5.41) is 2.14. The van der Waals surface area contributed by atoms with Crippen LogP contribution in [-0.4, -0.2) is 15.9 Å². The Morgan fingerprint density at radius 2 is 1.84 bits per heavy atom. The zero-order valence-electron chi connectivity index (χ0n) is 12.8. The maximum absolute atomic E-state index is 13.5. The van der Waals surface area contributed by atoms with Crippen LogP contribution in [0.3, 0.4) is 0 Å². The van der Waals surface area contributed by atoms with Gasteiger partial charge in [0.2, 0.25) is 5.91 Å². The average molecular weight is 347 g/mol. The Hall–Kier alpha value is -3.16. The number of carbonyl (C=O) groups excluding carboxylic acids is 1. The van der Waals surface area contributed by atoms with E-state index in [0.717, 1.165) is 6.07 Å². The molecule has 3 rings (SSSR count). The molecular weight excluding hydrogens is 335 g/mol. The van der Waals surface area contributed by atoms with Gasteiger partial charge in [0, 0.05) is 12.8 Å². The normalized spacial score (nSPS) is 10.8. The molecule has 2 N–H and O–H groups in total. The Morgan fingerprint density at radius 3 is 2.64 bits per heavy atom. The molecule has 8 heteroatoms. The number of benzene rings is 2.